The number of amides is 2. The van der Waals surface area contributed by atoms with Gasteiger partial charge >= 0.3 is 6.03 Å². The van der Waals surface area contributed by atoms with Gasteiger partial charge in [0.25, 0.3) is 0 Å². The molecule has 0 atom stereocenters. The van der Waals surface area contributed by atoms with E-state index in [-0.39, 0.29) is 12.6 Å². The number of hydrogen-bond donors (Lipinski definition) is 2. The minimum atomic E-state index is -0.363. The third-order valence-corrected chi connectivity index (χ3v) is 5.62. The van der Waals surface area contributed by atoms with Gasteiger partial charge in [-0.05, 0) is 71.2 Å². The fourth-order valence-corrected chi connectivity index (χ4v) is 3.98. The highest BCUT2D eigenvalue weighted by atomic mass is 79.9. The van der Waals surface area contributed by atoms with Crippen LogP contribution in [-0.4, -0.2) is 16.2 Å². The van der Waals surface area contributed by atoms with E-state index in [2.05, 4.69) is 52.7 Å². The molecule has 9 heteroatoms. The van der Waals surface area contributed by atoms with Crippen molar-refractivity contribution < 1.29 is 9.53 Å². The van der Waals surface area contributed by atoms with Gasteiger partial charge < -0.3 is 10.1 Å². The number of aryl methyl sites for hydroxylation is 2. The van der Waals surface area contributed by atoms with Crippen molar-refractivity contribution in [1.82, 2.24) is 10.2 Å². The van der Waals surface area contributed by atoms with Crippen LogP contribution in [0.2, 0.25) is 0 Å². The van der Waals surface area contributed by atoms with Crippen molar-refractivity contribution in [2.24, 2.45) is 0 Å². The van der Waals surface area contributed by atoms with Crippen molar-refractivity contribution in [1.29, 1.82) is 0 Å². The van der Waals surface area contributed by atoms with Gasteiger partial charge in [0, 0.05) is 10.2 Å². The number of hydrogen-bond acceptors (Lipinski definition) is 5. The first-order valence-electron chi connectivity index (χ1n) is 7.96. The highest BCUT2D eigenvalue weighted by molar-refractivity contribution is 9.11. The van der Waals surface area contributed by atoms with Crippen LogP contribution >= 0.6 is 43.2 Å². The molecule has 2 N–H and O–H groups in total. The zero-order valence-electron chi connectivity index (χ0n) is 14.5. The van der Waals surface area contributed by atoms with Crippen LogP contribution in [0.1, 0.15) is 16.1 Å². The molecule has 0 radical (unpaired) electrons. The molecule has 0 saturated carbocycles. The largest absolute Gasteiger partial charge is 0.485 e. The van der Waals surface area contributed by atoms with E-state index in [1.54, 1.807) is 0 Å². The van der Waals surface area contributed by atoms with Crippen LogP contribution in [0.5, 0.6) is 5.75 Å². The van der Waals surface area contributed by atoms with Gasteiger partial charge in [0.05, 0.1) is 4.47 Å². The molecule has 1 heterocycles. The minimum Gasteiger partial charge on any atom is -0.485 e. The predicted octanol–water partition coefficient (Wildman–Crippen LogP) is 5.90. The Labute approximate surface area is 177 Å². The fraction of sp³-hybridized carbons (Fsp3) is 0.167. The van der Waals surface area contributed by atoms with Crippen LogP contribution in [0.3, 0.4) is 0 Å². The summed E-state index contributed by atoms with van der Waals surface area (Å²) < 4.78 is 7.53. The number of carbonyl (C=O) groups excluding carboxylic acids is 1. The first kappa shape index (κ1) is 19.8. The topological polar surface area (TPSA) is 76.1 Å². The number of rotatable bonds is 5. The van der Waals surface area contributed by atoms with E-state index in [0.29, 0.717) is 15.9 Å². The summed E-state index contributed by atoms with van der Waals surface area (Å²) in [5, 5.41) is 14.6. The number of urea groups is 1. The van der Waals surface area contributed by atoms with Crippen LogP contribution in [0.25, 0.3) is 0 Å². The second-order valence-electron chi connectivity index (χ2n) is 5.74. The van der Waals surface area contributed by atoms with Gasteiger partial charge in [-0.3, -0.25) is 5.32 Å². The van der Waals surface area contributed by atoms with E-state index >= 15 is 0 Å². The maximum Gasteiger partial charge on any atom is 0.325 e. The van der Waals surface area contributed by atoms with Crippen LogP contribution in [0.15, 0.2) is 45.3 Å². The van der Waals surface area contributed by atoms with Gasteiger partial charge in [-0.25, -0.2) is 4.79 Å². The number of aromatic nitrogens is 2. The average molecular weight is 512 g/mol. The molecule has 0 aliphatic rings. The smallest absolute Gasteiger partial charge is 0.325 e. The molecule has 0 aliphatic heterocycles. The highest BCUT2D eigenvalue weighted by Gasteiger charge is 2.10. The summed E-state index contributed by atoms with van der Waals surface area (Å²) in [5.74, 6) is 0.704. The number of benzene rings is 2. The van der Waals surface area contributed by atoms with E-state index in [1.165, 1.54) is 16.9 Å². The Kier molecular flexibility index (Phi) is 6.46. The summed E-state index contributed by atoms with van der Waals surface area (Å²) in [6, 6.07) is 11.0. The van der Waals surface area contributed by atoms with Crippen LogP contribution in [0, 0.1) is 13.8 Å². The molecule has 27 heavy (non-hydrogen) atoms. The summed E-state index contributed by atoms with van der Waals surface area (Å²) in [7, 11) is 0. The lowest BCUT2D eigenvalue weighted by atomic mass is 10.1. The predicted molar refractivity (Wildman–Crippen MR) is 115 cm³/mol. The van der Waals surface area contributed by atoms with Crippen LogP contribution in [0.4, 0.5) is 15.6 Å². The minimum absolute atomic E-state index is 0.262. The van der Waals surface area contributed by atoms with Gasteiger partial charge in [-0.15, -0.1) is 10.2 Å². The second kappa shape index (κ2) is 8.81. The molecule has 0 aliphatic carbocycles. The van der Waals surface area contributed by atoms with E-state index in [9.17, 15) is 4.79 Å². The fourth-order valence-electron chi connectivity index (χ4n) is 2.17. The number of nitrogens with zero attached hydrogens (tertiary/aromatic N) is 2. The molecule has 0 saturated heterocycles. The number of nitrogens with one attached hydrogen (secondary N) is 2. The molecule has 2 amide bonds. The number of ether oxygens (including phenoxy) is 1. The first-order valence-corrected chi connectivity index (χ1v) is 10.4. The van der Waals surface area contributed by atoms with Crippen molar-refractivity contribution in [2.45, 2.75) is 20.5 Å². The third kappa shape index (κ3) is 5.50. The SMILES string of the molecule is Cc1ccc(NC(=O)Nc2nnc(COc3ccc(Br)cc3Br)s2)cc1C. The van der Waals surface area contributed by atoms with Gasteiger partial charge in [-0.1, -0.05) is 33.3 Å². The third-order valence-electron chi connectivity index (χ3n) is 3.70. The molecule has 0 bridgehead atoms. The lowest BCUT2D eigenvalue weighted by Gasteiger charge is -2.07. The van der Waals surface area contributed by atoms with Gasteiger partial charge in [-0.2, -0.15) is 0 Å². The number of halogens is 2. The summed E-state index contributed by atoms with van der Waals surface area (Å²) in [5.41, 5.74) is 3.01. The van der Waals surface area contributed by atoms with Crippen LogP contribution in [-0.2, 0) is 6.61 Å². The normalized spacial score (nSPS) is 10.5. The molecule has 3 aromatic rings. The molecule has 0 spiro atoms. The molecule has 0 unspecified atom stereocenters. The molecule has 0 fully saturated rings. The lowest BCUT2D eigenvalue weighted by molar-refractivity contribution is 0.262. The number of anilines is 2. The molecule has 1 aromatic heterocycles. The molecule has 6 nitrogen and oxygen atoms in total. The Morgan fingerprint density at radius 2 is 1.89 bits per heavy atom. The van der Waals surface area contributed by atoms with Gasteiger partial charge in [0.1, 0.15) is 12.4 Å². The Morgan fingerprint density at radius 1 is 1.07 bits per heavy atom. The standard InChI is InChI=1S/C18H16Br2N4O2S/c1-10-3-5-13(7-11(10)2)21-17(25)22-18-24-23-16(27-18)9-26-15-6-4-12(19)8-14(15)20/h3-8H,9H2,1-2H3,(H2,21,22,24,25). The zero-order valence-corrected chi connectivity index (χ0v) is 18.5. The molecule has 3 rings (SSSR count). The Hall–Kier alpha value is -1.97. The Morgan fingerprint density at radius 3 is 2.63 bits per heavy atom. The van der Waals surface area contributed by atoms with E-state index in [4.69, 9.17) is 4.74 Å². The maximum absolute atomic E-state index is 12.1. The monoisotopic (exact) mass is 510 g/mol. The summed E-state index contributed by atoms with van der Waals surface area (Å²) in [4.78, 5) is 12.1. The van der Waals surface area contributed by atoms with E-state index in [0.717, 1.165) is 20.2 Å². The van der Waals surface area contributed by atoms with Crippen molar-refractivity contribution >= 4 is 60.0 Å². The first-order chi connectivity index (χ1) is 12.9. The van der Waals surface area contributed by atoms with Crippen molar-refractivity contribution in [3.05, 3.63) is 61.5 Å². The van der Waals surface area contributed by atoms with Crippen molar-refractivity contribution in [2.75, 3.05) is 10.6 Å². The Balaban J connectivity index is 1.55. The Bertz CT molecular complexity index is 978. The summed E-state index contributed by atoms with van der Waals surface area (Å²) in [6.07, 6.45) is 0. The second-order valence-corrected chi connectivity index (χ2v) is 8.57. The average Bonchev–Trinajstić information content (AvgIpc) is 3.04. The molecule has 140 valence electrons. The van der Waals surface area contributed by atoms with Gasteiger partial charge in [0.15, 0.2) is 5.01 Å². The summed E-state index contributed by atoms with van der Waals surface area (Å²) >= 11 is 8.11. The number of carbonyl (C=O) groups is 1. The molecular formula is C18H16Br2N4O2S. The van der Waals surface area contributed by atoms with E-state index in [1.807, 2.05) is 50.2 Å². The van der Waals surface area contributed by atoms with Crippen LogP contribution < -0.4 is 15.4 Å². The lowest BCUT2D eigenvalue weighted by Crippen LogP contribution is -2.19. The maximum atomic E-state index is 12.1. The van der Waals surface area contributed by atoms with Crippen molar-refractivity contribution in [3.8, 4) is 5.75 Å². The molecular weight excluding hydrogens is 496 g/mol. The zero-order chi connectivity index (χ0) is 19.4. The molecule has 2 aromatic carbocycles. The summed E-state index contributed by atoms with van der Waals surface area (Å²) in [6.45, 7) is 4.29. The van der Waals surface area contributed by atoms with Gasteiger partial charge in [0.2, 0.25) is 5.13 Å². The quantitative estimate of drug-likeness (QED) is 0.447. The van der Waals surface area contributed by atoms with E-state index < -0.39 is 0 Å². The highest BCUT2D eigenvalue weighted by Crippen LogP contribution is 2.29. The van der Waals surface area contributed by atoms with Crippen molar-refractivity contribution in [3.63, 3.8) is 0 Å².